The molecular weight excluding hydrogens is 274 g/mol. The highest BCUT2D eigenvalue weighted by atomic mass is 35.5. The van der Waals surface area contributed by atoms with E-state index in [0.717, 1.165) is 0 Å². The van der Waals surface area contributed by atoms with Gasteiger partial charge in [-0.2, -0.15) is 0 Å². The first-order valence-electron chi connectivity index (χ1n) is 5.64. The molecule has 19 heavy (non-hydrogen) atoms. The van der Waals surface area contributed by atoms with Crippen molar-refractivity contribution in [3.63, 3.8) is 0 Å². The smallest absolute Gasteiger partial charge is 0.271 e. The first kappa shape index (κ1) is 13.7. The predicted octanol–water partition coefficient (Wildman–Crippen LogP) is 1.18. The zero-order valence-electron chi connectivity index (χ0n) is 9.89. The minimum absolute atomic E-state index is 0.132. The number of carbonyl (C=O) groups excluding carboxylic acids is 1. The van der Waals surface area contributed by atoms with Crippen molar-refractivity contribution in [1.82, 2.24) is 5.32 Å². The van der Waals surface area contributed by atoms with Crippen LogP contribution in [0.2, 0.25) is 5.02 Å². The average molecular weight is 286 g/mol. The molecule has 1 fully saturated rings. The van der Waals surface area contributed by atoms with Gasteiger partial charge >= 0.3 is 0 Å². The summed E-state index contributed by atoms with van der Waals surface area (Å²) in [6.45, 7) is 1.40. The summed E-state index contributed by atoms with van der Waals surface area (Å²) < 4.78 is 5.17. The molecule has 0 radical (unpaired) electrons. The SMILES string of the molecule is O=C(Nc1cc([N+](=O)[O-])ccc1Cl)C1COCCN1. The van der Waals surface area contributed by atoms with E-state index in [1.54, 1.807) is 0 Å². The van der Waals surface area contributed by atoms with Crippen LogP contribution in [0, 0.1) is 10.1 Å². The van der Waals surface area contributed by atoms with E-state index < -0.39 is 11.0 Å². The van der Waals surface area contributed by atoms with Gasteiger partial charge in [-0.15, -0.1) is 0 Å². The van der Waals surface area contributed by atoms with E-state index in [1.165, 1.54) is 18.2 Å². The van der Waals surface area contributed by atoms with Crippen LogP contribution in [0.1, 0.15) is 0 Å². The van der Waals surface area contributed by atoms with E-state index in [1.807, 2.05) is 0 Å². The third-order valence-electron chi connectivity index (χ3n) is 2.66. The van der Waals surface area contributed by atoms with Gasteiger partial charge in [-0.3, -0.25) is 14.9 Å². The Morgan fingerprint density at radius 1 is 1.58 bits per heavy atom. The summed E-state index contributed by atoms with van der Waals surface area (Å²) in [5.74, 6) is -0.331. The fraction of sp³-hybridized carbons (Fsp3) is 0.364. The number of amides is 1. The van der Waals surface area contributed by atoms with Crippen LogP contribution >= 0.6 is 11.6 Å². The van der Waals surface area contributed by atoms with Crippen LogP contribution in [0.5, 0.6) is 0 Å². The highest BCUT2D eigenvalue weighted by molar-refractivity contribution is 6.33. The van der Waals surface area contributed by atoms with E-state index in [4.69, 9.17) is 16.3 Å². The van der Waals surface area contributed by atoms with Gasteiger partial charge in [-0.1, -0.05) is 11.6 Å². The lowest BCUT2D eigenvalue weighted by atomic mass is 10.2. The molecule has 1 aliphatic heterocycles. The fourth-order valence-corrected chi connectivity index (χ4v) is 1.84. The Balaban J connectivity index is 2.11. The van der Waals surface area contributed by atoms with Gasteiger partial charge in [0.05, 0.1) is 28.8 Å². The Hall–Kier alpha value is -1.70. The maximum absolute atomic E-state index is 11.9. The van der Waals surface area contributed by atoms with Crippen LogP contribution in [0.25, 0.3) is 0 Å². The van der Waals surface area contributed by atoms with Crippen LogP contribution in [0.3, 0.4) is 0 Å². The second-order valence-corrected chi connectivity index (χ2v) is 4.40. The molecule has 1 saturated heterocycles. The summed E-state index contributed by atoms with van der Waals surface area (Å²) in [6.07, 6.45) is 0. The second kappa shape index (κ2) is 5.96. The van der Waals surface area contributed by atoms with E-state index in [-0.39, 0.29) is 28.9 Å². The summed E-state index contributed by atoms with van der Waals surface area (Å²) >= 11 is 5.89. The number of carbonyl (C=O) groups is 1. The molecule has 1 unspecified atom stereocenters. The number of anilines is 1. The second-order valence-electron chi connectivity index (χ2n) is 3.99. The lowest BCUT2D eigenvalue weighted by molar-refractivity contribution is -0.384. The molecule has 0 aliphatic carbocycles. The third kappa shape index (κ3) is 3.40. The van der Waals surface area contributed by atoms with E-state index in [2.05, 4.69) is 10.6 Å². The maximum atomic E-state index is 11.9. The van der Waals surface area contributed by atoms with Gasteiger partial charge in [-0.05, 0) is 6.07 Å². The van der Waals surface area contributed by atoms with Crippen molar-refractivity contribution in [2.45, 2.75) is 6.04 Å². The summed E-state index contributed by atoms with van der Waals surface area (Å²) in [4.78, 5) is 22.0. The number of ether oxygens (including phenoxy) is 1. The van der Waals surface area contributed by atoms with Crippen molar-refractivity contribution in [2.75, 3.05) is 25.1 Å². The van der Waals surface area contributed by atoms with Crippen molar-refractivity contribution in [2.24, 2.45) is 0 Å². The van der Waals surface area contributed by atoms with Crippen LogP contribution in [0.15, 0.2) is 18.2 Å². The van der Waals surface area contributed by atoms with Crippen LogP contribution in [-0.4, -0.2) is 36.6 Å². The van der Waals surface area contributed by atoms with Crippen LogP contribution < -0.4 is 10.6 Å². The van der Waals surface area contributed by atoms with E-state index >= 15 is 0 Å². The van der Waals surface area contributed by atoms with Crippen molar-refractivity contribution in [3.05, 3.63) is 33.3 Å². The number of nitro benzene ring substituents is 1. The molecule has 1 amide bonds. The van der Waals surface area contributed by atoms with E-state index in [0.29, 0.717) is 13.2 Å². The Kier molecular flexibility index (Phi) is 4.31. The molecular formula is C11H12ClN3O4. The number of halogens is 1. The highest BCUT2D eigenvalue weighted by Crippen LogP contribution is 2.26. The van der Waals surface area contributed by atoms with Gasteiger partial charge in [0.25, 0.3) is 5.69 Å². The molecule has 1 atom stereocenters. The molecule has 0 spiro atoms. The van der Waals surface area contributed by atoms with Crippen molar-refractivity contribution in [3.8, 4) is 0 Å². The molecule has 102 valence electrons. The molecule has 0 saturated carbocycles. The van der Waals surface area contributed by atoms with E-state index in [9.17, 15) is 14.9 Å². The number of rotatable bonds is 3. The zero-order valence-corrected chi connectivity index (χ0v) is 10.6. The van der Waals surface area contributed by atoms with Gasteiger partial charge < -0.3 is 15.4 Å². The molecule has 0 aromatic heterocycles. The lowest BCUT2D eigenvalue weighted by Gasteiger charge is -2.23. The summed E-state index contributed by atoms with van der Waals surface area (Å²) in [7, 11) is 0. The van der Waals surface area contributed by atoms with Gasteiger partial charge in [0.2, 0.25) is 5.91 Å². The number of benzene rings is 1. The molecule has 2 rings (SSSR count). The maximum Gasteiger partial charge on any atom is 0.271 e. The molecule has 0 bridgehead atoms. The van der Waals surface area contributed by atoms with Crippen molar-refractivity contribution >= 4 is 28.9 Å². The topological polar surface area (TPSA) is 93.5 Å². The normalized spacial score (nSPS) is 18.9. The van der Waals surface area contributed by atoms with Gasteiger partial charge in [0.15, 0.2) is 0 Å². The molecule has 1 aromatic carbocycles. The Bertz CT molecular complexity index is 503. The molecule has 1 aromatic rings. The minimum atomic E-state index is -0.548. The Labute approximate surface area is 114 Å². The Morgan fingerprint density at radius 3 is 3.00 bits per heavy atom. The molecule has 1 aliphatic rings. The molecule has 8 heteroatoms. The van der Waals surface area contributed by atoms with Crippen molar-refractivity contribution < 1.29 is 14.5 Å². The van der Waals surface area contributed by atoms with Gasteiger partial charge in [0, 0.05) is 18.7 Å². The Morgan fingerprint density at radius 2 is 2.37 bits per heavy atom. The fourth-order valence-electron chi connectivity index (χ4n) is 1.68. The molecule has 1 heterocycles. The van der Waals surface area contributed by atoms with Gasteiger partial charge in [-0.25, -0.2) is 0 Å². The number of nitrogens with zero attached hydrogens (tertiary/aromatic N) is 1. The molecule has 2 N–H and O–H groups in total. The summed E-state index contributed by atoms with van der Waals surface area (Å²) in [6, 6.07) is 3.40. The zero-order chi connectivity index (χ0) is 13.8. The standard InChI is InChI=1S/C11H12ClN3O4/c12-8-2-1-7(15(17)18)5-9(8)14-11(16)10-6-19-4-3-13-10/h1-2,5,10,13H,3-4,6H2,(H,14,16). The first-order valence-corrected chi connectivity index (χ1v) is 6.01. The highest BCUT2D eigenvalue weighted by Gasteiger charge is 2.22. The largest absolute Gasteiger partial charge is 0.378 e. The number of hydrogen-bond donors (Lipinski definition) is 2. The molecule has 7 nitrogen and oxygen atoms in total. The van der Waals surface area contributed by atoms with Gasteiger partial charge in [0.1, 0.15) is 6.04 Å². The number of nitrogens with one attached hydrogen (secondary N) is 2. The predicted molar refractivity (Wildman–Crippen MR) is 69.3 cm³/mol. The quantitative estimate of drug-likeness (QED) is 0.642. The average Bonchev–Trinajstić information content (AvgIpc) is 2.42. The lowest BCUT2D eigenvalue weighted by Crippen LogP contribution is -2.48. The number of hydrogen-bond acceptors (Lipinski definition) is 5. The third-order valence-corrected chi connectivity index (χ3v) is 2.99. The number of nitro groups is 1. The van der Waals surface area contributed by atoms with Crippen LogP contribution in [-0.2, 0) is 9.53 Å². The van der Waals surface area contributed by atoms with Crippen molar-refractivity contribution in [1.29, 1.82) is 0 Å². The van der Waals surface area contributed by atoms with Crippen LogP contribution in [0.4, 0.5) is 11.4 Å². The monoisotopic (exact) mass is 285 g/mol. The summed E-state index contributed by atoms with van der Waals surface area (Å²) in [5.41, 5.74) is 0.0841. The summed E-state index contributed by atoms with van der Waals surface area (Å²) in [5, 5.41) is 16.5. The first-order chi connectivity index (χ1) is 9.08. The minimum Gasteiger partial charge on any atom is -0.378 e. The number of morpholine rings is 1. The number of non-ortho nitro benzene ring substituents is 1.